The van der Waals surface area contributed by atoms with Gasteiger partial charge in [-0.15, -0.1) is 0 Å². The highest BCUT2D eigenvalue weighted by Gasteiger charge is 2.40. The number of allylic oxidation sites excluding steroid dienone is 2. The Morgan fingerprint density at radius 2 is 2.17 bits per heavy atom. The van der Waals surface area contributed by atoms with E-state index < -0.39 is 6.10 Å². The third-order valence-electron chi connectivity index (χ3n) is 4.65. The molecule has 4 unspecified atom stereocenters. The van der Waals surface area contributed by atoms with E-state index in [-0.39, 0.29) is 41.8 Å². The molecule has 0 spiro atoms. The molecule has 1 saturated carbocycles. The van der Waals surface area contributed by atoms with Crippen molar-refractivity contribution in [3.8, 4) is 0 Å². The third-order valence-corrected chi connectivity index (χ3v) is 4.65. The lowest BCUT2D eigenvalue weighted by Crippen LogP contribution is -2.30. The van der Waals surface area contributed by atoms with Crippen molar-refractivity contribution in [3.05, 3.63) is 22.3 Å². The molecular weight excluding hydrogens is 302 g/mol. The van der Waals surface area contributed by atoms with Crippen LogP contribution in [0.2, 0.25) is 0 Å². The highest BCUT2D eigenvalue weighted by molar-refractivity contribution is 5.68. The quantitative estimate of drug-likeness (QED) is 0.207. The molecule has 0 aromatic rings. The Morgan fingerprint density at radius 3 is 2.78 bits per heavy atom. The van der Waals surface area contributed by atoms with Crippen LogP contribution in [0.4, 0.5) is 0 Å². The van der Waals surface area contributed by atoms with Gasteiger partial charge < -0.3 is 14.9 Å². The molecule has 0 heterocycles. The van der Waals surface area contributed by atoms with E-state index in [4.69, 9.17) is 5.11 Å². The topological polar surface area (TPSA) is 110 Å². The summed E-state index contributed by atoms with van der Waals surface area (Å²) in [6, 6.07) is 0. The van der Waals surface area contributed by atoms with E-state index in [2.05, 4.69) is 4.74 Å². The largest absolute Gasteiger partial charge is 0.469 e. The molecule has 1 rings (SSSR count). The minimum absolute atomic E-state index is 0.0133. The molecule has 2 N–H and O–H groups in total. The number of hydrogen-bond donors (Lipinski definition) is 2. The van der Waals surface area contributed by atoms with Gasteiger partial charge in [-0.2, -0.15) is 0 Å². The lowest BCUT2D eigenvalue weighted by molar-refractivity contribution is -0.489. The molecule has 0 saturated heterocycles. The van der Waals surface area contributed by atoms with Crippen LogP contribution in [0.5, 0.6) is 0 Å². The summed E-state index contributed by atoms with van der Waals surface area (Å²) in [5.41, 5.74) is 0. The van der Waals surface area contributed by atoms with Gasteiger partial charge in [-0.1, -0.05) is 12.2 Å². The molecule has 0 aliphatic heterocycles. The summed E-state index contributed by atoms with van der Waals surface area (Å²) in [6.45, 7) is -0.398. The van der Waals surface area contributed by atoms with Gasteiger partial charge in [-0.25, -0.2) is 0 Å². The molecule has 132 valence electrons. The summed E-state index contributed by atoms with van der Waals surface area (Å²) in [7, 11) is 1.36. The molecule has 0 aromatic heterocycles. The Hall–Kier alpha value is -1.47. The highest BCUT2D eigenvalue weighted by Crippen LogP contribution is 2.41. The Morgan fingerprint density at radius 1 is 1.43 bits per heavy atom. The fourth-order valence-electron chi connectivity index (χ4n) is 3.42. The van der Waals surface area contributed by atoms with Gasteiger partial charge in [-0.05, 0) is 43.9 Å². The smallest absolute Gasteiger partial charge is 0.305 e. The summed E-state index contributed by atoms with van der Waals surface area (Å²) in [4.78, 5) is 21.5. The molecule has 1 aliphatic carbocycles. The average molecular weight is 329 g/mol. The number of esters is 1. The SMILES string of the molecule is COC(=O)CCCC=CCC1C(C[N+](=O)[O-])CCC1C(O)CO. The zero-order chi connectivity index (χ0) is 17.2. The first-order chi connectivity index (χ1) is 11.0. The molecule has 7 heteroatoms. The van der Waals surface area contributed by atoms with E-state index >= 15 is 0 Å². The first-order valence-corrected chi connectivity index (χ1v) is 8.12. The molecule has 23 heavy (non-hydrogen) atoms. The van der Waals surface area contributed by atoms with Gasteiger partial charge in [0.25, 0.3) is 0 Å². The van der Waals surface area contributed by atoms with Gasteiger partial charge in [0.15, 0.2) is 0 Å². The van der Waals surface area contributed by atoms with Gasteiger partial charge in [0.05, 0.1) is 19.8 Å². The van der Waals surface area contributed by atoms with Gasteiger partial charge in [0, 0.05) is 17.3 Å². The van der Waals surface area contributed by atoms with Crippen molar-refractivity contribution in [1.29, 1.82) is 0 Å². The number of aliphatic hydroxyl groups is 2. The molecule has 0 aromatic carbocycles. The van der Waals surface area contributed by atoms with Crippen LogP contribution in [0.15, 0.2) is 12.2 Å². The van der Waals surface area contributed by atoms with E-state index in [0.717, 1.165) is 6.42 Å². The number of aliphatic hydroxyl groups excluding tert-OH is 2. The minimum Gasteiger partial charge on any atom is -0.469 e. The second-order valence-electron chi connectivity index (χ2n) is 6.11. The van der Waals surface area contributed by atoms with Crippen molar-refractivity contribution in [2.75, 3.05) is 20.3 Å². The van der Waals surface area contributed by atoms with Crippen molar-refractivity contribution >= 4 is 5.97 Å². The number of unbranched alkanes of at least 4 members (excludes halogenated alkanes) is 1. The van der Waals surface area contributed by atoms with Crippen LogP contribution in [-0.2, 0) is 9.53 Å². The predicted molar refractivity (Wildman–Crippen MR) is 84.3 cm³/mol. The van der Waals surface area contributed by atoms with Gasteiger partial charge in [0.1, 0.15) is 0 Å². The number of ether oxygens (including phenoxy) is 1. The zero-order valence-corrected chi connectivity index (χ0v) is 13.6. The van der Waals surface area contributed by atoms with Crippen LogP contribution in [0.3, 0.4) is 0 Å². The average Bonchev–Trinajstić information content (AvgIpc) is 2.91. The Labute approximate surface area is 136 Å². The van der Waals surface area contributed by atoms with Gasteiger partial charge in [0.2, 0.25) is 6.54 Å². The van der Waals surface area contributed by atoms with Crippen LogP contribution in [0, 0.1) is 27.9 Å². The predicted octanol–water partition coefficient (Wildman–Crippen LogP) is 1.55. The maximum absolute atomic E-state index is 11.0. The highest BCUT2D eigenvalue weighted by atomic mass is 16.6. The summed E-state index contributed by atoms with van der Waals surface area (Å²) in [5, 5.41) is 29.9. The first kappa shape index (κ1) is 19.6. The molecule has 1 fully saturated rings. The molecule has 0 bridgehead atoms. The first-order valence-electron chi connectivity index (χ1n) is 8.12. The number of carbonyl (C=O) groups is 1. The van der Waals surface area contributed by atoms with E-state index in [1.54, 1.807) is 0 Å². The lowest BCUT2D eigenvalue weighted by Gasteiger charge is -2.25. The van der Waals surface area contributed by atoms with Crippen LogP contribution in [-0.4, -0.2) is 47.5 Å². The summed E-state index contributed by atoms with van der Waals surface area (Å²) >= 11 is 0. The lowest BCUT2D eigenvalue weighted by atomic mass is 9.83. The molecule has 0 amide bonds. The van der Waals surface area contributed by atoms with E-state index in [1.165, 1.54) is 7.11 Å². The van der Waals surface area contributed by atoms with Crippen LogP contribution in [0.25, 0.3) is 0 Å². The zero-order valence-electron chi connectivity index (χ0n) is 13.6. The number of nitro groups is 1. The number of rotatable bonds is 10. The number of carbonyl (C=O) groups excluding carboxylic acids is 1. The molecule has 7 nitrogen and oxygen atoms in total. The summed E-state index contributed by atoms with van der Waals surface area (Å²) < 4.78 is 4.56. The monoisotopic (exact) mass is 329 g/mol. The number of hydrogen-bond acceptors (Lipinski definition) is 6. The summed E-state index contributed by atoms with van der Waals surface area (Å²) in [6.07, 6.45) is 7.02. The normalized spacial score (nSPS) is 25.6. The maximum Gasteiger partial charge on any atom is 0.305 e. The Bertz CT molecular complexity index is 411. The Kier molecular flexibility index (Phi) is 8.79. The molecular formula is C16H27NO6. The standard InChI is InChI=1S/C16H27NO6/c1-23-16(20)7-5-3-2-4-6-13-12(10-17(21)22)8-9-14(13)15(19)11-18/h2,4,12-15,18-19H,3,5-11H2,1H3. The van der Waals surface area contributed by atoms with Gasteiger partial charge in [-0.3, -0.25) is 14.9 Å². The van der Waals surface area contributed by atoms with Crippen molar-refractivity contribution in [1.82, 2.24) is 0 Å². The number of methoxy groups -OCH3 is 1. The van der Waals surface area contributed by atoms with Crippen molar-refractivity contribution in [2.45, 2.75) is 44.6 Å². The van der Waals surface area contributed by atoms with Crippen LogP contribution < -0.4 is 0 Å². The van der Waals surface area contributed by atoms with E-state index in [9.17, 15) is 20.0 Å². The molecule has 0 radical (unpaired) electrons. The van der Waals surface area contributed by atoms with Crippen molar-refractivity contribution in [3.63, 3.8) is 0 Å². The van der Waals surface area contributed by atoms with E-state index in [1.807, 2.05) is 12.2 Å². The number of nitrogens with zero attached hydrogens (tertiary/aromatic N) is 1. The van der Waals surface area contributed by atoms with Crippen LogP contribution in [0.1, 0.15) is 38.5 Å². The minimum atomic E-state index is -0.815. The second kappa shape index (κ2) is 10.3. The van der Waals surface area contributed by atoms with E-state index in [0.29, 0.717) is 32.1 Å². The fourth-order valence-corrected chi connectivity index (χ4v) is 3.42. The Balaban J connectivity index is 2.49. The summed E-state index contributed by atoms with van der Waals surface area (Å²) in [5.74, 6) is -0.369. The molecule has 4 atom stereocenters. The van der Waals surface area contributed by atoms with Crippen molar-refractivity contribution in [2.24, 2.45) is 17.8 Å². The fraction of sp³-hybridized carbons (Fsp3) is 0.812. The van der Waals surface area contributed by atoms with Gasteiger partial charge >= 0.3 is 5.97 Å². The second-order valence-corrected chi connectivity index (χ2v) is 6.11. The molecule has 1 aliphatic rings. The van der Waals surface area contributed by atoms with Crippen LogP contribution >= 0.6 is 0 Å². The maximum atomic E-state index is 11.0. The third kappa shape index (κ3) is 6.66. The van der Waals surface area contributed by atoms with Crippen molar-refractivity contribution < 1.29 is 24.7 Å².